The Kier molecular flexibility index (Phi) is 6.70. The summed E-state index contributed by atoms with van der Waals surface area (Å²) in [6.07, 6.45) is 0.665. The number of hydrogen-bond donors (Lipinski definition) is 1. The highest BCUT2D eigenvalue weighted by Gasteiger charge is 2.43. The Morgan fingerprint density at radius 3 is 2.47 bits per heavy atom. The third kappa shape index (κ3) is 4.27. The number of aliphatic hydroxyl groups excluding tert-OH is 1. The van der Waals surface area contributed by atoms with Crippen LogP contribution in [0.15, 0.2) is 0 Å². The van der Waals surface area contributed by atoms with Crippen LogP contribution >= 0.6 is 8.46 Å². The first-order valence-corrected chi connectivity index (χ1v) is 6.27. The van der Waals surface area contributed by atoms with Crippen molar-refractivity contribution in [2.24, 2.45) is 11.3 Å². The van der Waals surface area contributed by atoms with Crippen LogP contribution in [0.25, 0.3) is 0 Å². The van der Waals surface area contributed by atoms with Gasteiger partial charge in [0.05, 0.1) is 13.2 Å². The van der Waals surface area contributed by atoms with Crippen molar-refractivity contribution in [2.75, 3.05) is 19.4 Å². The molecule has 2 unspecified atom stereocenters. The van der Waals surface area contributed by atoms with E-state index in [1.54, 1.807) is 6.92 Å². The molecule has 0 aliphatic heterocycles. The summed E-state index contributed by atoms with van der Waals surface area (Å²) in [4.78, 5) is 11.7. The van der Waals surface area contributed by atoms with Gasteiger partial charge < -0.3 is 9.84 Å². The van der Waals surface area contributed by atoms with Crippen molar-refractivity contribution in [3.63, 3.8) is 0 Å². The Morgan fingerprint density at radius 2 is 2.13 bits per heavy atom. The number of carbonyl (C=O) groups excluding carboxylic acids is 1. The molecule has 0 aromatic rings. The first kappa shape index (κ1) is 14.5. The van der Waals surface area contributed by atoms with Crippen molar-refractivity contribution >= 4 is 14.4 Å². The second kappa shape index (κ2) is 6.91. The topological polar surface area (TPSA) is 63.6 Å². The predicted octanol–water partition coefficient (Wildman–Crippen LogP) is 1.60. The minimum Gasteiger partial charge on any atom is -0.465 e. The molecule has 5 heteroatoms. The number of ether oxygens (including phenoxy) is 1. The van der Waals surface area contributed by atoms with Gasteiger partial charge in [0.25, 0.3) is 0 Å². The predicted molar refractivity (Wildman–Crippen MR) is 59.5 cm³/mol. The SMILES string of the molecule is CCOC(=O)C(CO)(C[PH+]=O)CC(C)C. The Bertz CT molecular complexity index is 217. The molecule has 0 saturated heterocycles. The first-order chi connectivity index (χ1) is 7.02. The van der Waals surface area contributed by atoms with E-state index in [2.05, 4.69) is 0 Å². The minimum absolute atomic E-state index is 0.167. The summed E-state index contributed by atoms with van der Waals surface area (Å²) >= 11 is 0. The molecular weight excluding hydrogens is 215 g/mol. The summed E-state index contributed by atoms with van der Waals surface area (Å²) in [6.45, 7) is 5.60. The molecule has 15 heavy (non-hydrogen) atoms. The number of esters is 1. The van der Waals surface area contributed by atoms with E-state index in [0.717, 1.165) is 0 Å². The van der Waals surface area contributed by atoms with Gasteiger partial charge in [-0.05, 0) is 19.3 Å². The van der Waals surface area contributed by atoms with Crippen LogP contribution < -0.4 is 0 Å². The van der Waals surface area contributed by atoms with Gasteiger partial charge >= 0.3 is 14.4 Å². The zero-order chi connectivity index (χ0) is 11.9. The second-order valence-electron chi connectivity index (χ2n) is 4.08. The van der Waals surface area contributed by atoms with Gasteiger partial charge in [0.1, 0.15) is 5.41 Å². The molecule has 88 valence electrons. The minimum atomic E-state index is -0.982. The van der Waals surface area contributed by atoms with Crippen molar-refractivity contribution in [1.82, 2.24) is 0 Å². The summed E-state index contributed by atoms with van der Waals surface area (Å²) in [5.74, 6) is -0.192. The number of hydrogen-bond acceptors (Lipinski definition) is 4. The molecule has 0 aromatic carbocycles. The Balaban J connectivity index is 4.77. The summed E-state index contributed by atoms with van der Waals surface area (Å²) in [5.41, 5.74) is -0.982. The molecule has 0 saturated carbocycles. The fourth-order valence-corrected chi connectivity index (χ4v) is 2.29. The third-order valence-electron chi connectivity index (χ3n) is 2.22. The van der Waals surface area contributed by atoms with Crippen LogP contribution in [0.2, 0.25) is 0 Å². The van der Waals surface area contributed by atoms with Crippen molar-refractivity contribution in [1.29, 1.82) is 0 Å². The van der Waals surface area contributed by atoms with Crippen molar-refractivity contribution in [3.05, 3.63) is 0 Å². The van der Waals surface area contributed by atoms with Crippen LogP contribution in [0.3, 0.4) is 0 Å². The summed E-state index contributed by atoms with van der Waals surface area (Å²) < 4.78 is 15.6. The van der Waals surface area contributed by atoms with Crippen LogP contribution in [0.5, 0.6) is 0 Å². The maximum absolute atomic E-state index is 11.7. The fraction of sp³-hybridized carbons (Fsp3) is 0.900. The van der Waals surface area contributed by atoms with Crippen molar-refractivity contribution in [3.8, 4) is 0 Å². The van der Waals surface area contributed by atoms with Crippen molar-refractivity contribution < 1.29 is 19.2 Å². The van der Waals surface area contributed by atoms with Gasteiger partial charge in [-0.25, -0.2) is 0 Å². The van der Waals surface area contributed by atoms with Crippen LogP contribution in [0, 0.1) is 11.3 Å². The molecule has 0 aromatic heterocycles. The molecule has 1 N–H and O–H groups in total. The quantitative estimate of drug-likeness (QED) is 0.537. The lowest BCUT2D eigenvalue weighted by Gasteiger charge is -2.26. The highest BCUT2D eigenvalue weighted by molar-refractivity contribution is 7.23. The van der Waals surface area contributed by atoms with Gasteiger partial charge in [0.15, 0.2) is 6.16 Å². The average Bonchev–Trinajstić information content (AvgIpc) is 2.16. The largest absolute Gasteiger partial charge is 0.465 e. The van der Waals surface area contributed by atoms with E-state index in [4.69, 9.17) is 4.74 Å². The van der Waals surface area contributed by atoms with E-state index in [9.17, 15) is 14.5 Å². The molecule has 0 aliphatic carbocycles. The van der Waals surface area contributed by atoms with E-state index in [0.29, 0.717) is 6.42 Å². The van der Waals surface area contributed by atoms with E-state index in [1.165, 1.54) is 0 Å². The maximum atomic E-state index is 11.7. The first-order valence-electron chi connectivity index (χ1n) is 5.15. The standard InChI is InChI=1S/C10H19O4P/c1-4-14-9(12)10(6-11,7-15-13)5-8(2)3/h8,11H,4-7H2,1-3H3/p+1. The highest BCUT2D eigenvalue weighted by Crippen LogP contribution is 2.31. The van der Waals surface area contributed by atoms with Crippen LogP contribution in [0.1, 0.15) is 27.2 Å². The number of carbonyl (C=O) groups is 1. The number of rotatable bonds is 7. The summed E-state index contributed by atoms with van der Waals surface area (Å²) in [6, 6.07) is 0. The molecule has 0 amide bonds. The zero-order valence-electron chi connectivity index (χ0n) is 9.58. The van der Waals surface area contributed by atoms with Crippen LogP contribution in [-0.4, -0.2) is 30.5 Å². The van der Waals surface area contributed by atoms with Gasteiger partial charge in [-0.2, -0.15) is 0 Å². The molecule has 4 nitrogen and oxygen atoms in total. The summed E-state index contributed by atoms with van der Waals surface area (Å²) in [5, 5.41) is 9.32. The Morgan fingerprint density at radius 1 is 1.53 bits per heavy atom. The van der Waals surface area contributed by atoms with E-state index in [-0.39, 0.29) is 25.3 Å². The van der Waals surface area contributed by atoms with Gasteiger partial charge in [0, 0.05) is 0 Å². The van der Waals surface area contributed by atoms with Gasteiger partial charge in [0.2, 0.25) is 0 Å². The molecule has 0 radical (unpaired) electrons. The van der Waals surface area contributed by atoms with Crippen LogP contribution in [-0.2, 0) is 14.1 Å². The molecule has 0 aliphatic rings. The lowest BCUT2D eigenvalue weighted by atomic mass is 9.82. The molecule has 0 heterocycles. The second-order valence-corrected chi connectivity index (χ2v) is 4.72. The van der Waals surface area contributed by atoms with E-state index in [1.807, 2.05) is 13.8 Å². The van der Waals surface area contributed by atoms with E-state index >= 15 is 0 Å². The van der Waals surface area contributed by atoms with Crippen molar-refractivity contribution in [2.45, 2.75) is 27.2 Å². The average molecular weight is 235 g/mol. The molecular formula is C10H20O4P+. The molecule has 0 fully saturated rings. The normalized spacial score (nSPS) is 15.3. The van der Waals surface area contributed by atoms with E-state index < -0.39 is 19.8 Å². The lowest BCUT2D eigenvalue weighted by Crippen LogP contribution is -2.39. The smallest absolute Gasteiger partial charge is 0.326 e. The Hall–Kier alpha value is -0.470. The monoisotopic (exact) mass is 235 g/mol. The maximum Gasteiger partial charge on any atom is 0.326 e. The number of aliphatic hydroxyl groups is 1. The molecule has 0 bridgehead atoms. The third-order valence-corrected chi connectivity index (χ3v) is 3.04. The lowest BCUT2D eigenvalue weighted by molar-refractivity contribution is -0.157. The van der Waals surface area contributed by atoms with Crippen LogP contribution in [0.4, 0.5) is 0 Å². The zero-order valence-corrected chi connectivity index (χ0v) is 10.6. The summed E-state index contributed by atoms with van der Waals surface area (Å²) in [7, 11) is -0.598. The highest BCUT2D eigenvalue weighted by atomic mass is 31.1. The molecule has 0 spiro atoms. The Labute approximate surface area is 92.2 Å². The van der Waals surface area contributed by atoms with Gasteiger partial charge in [-0.15, -0.1) is 0 Å². The molecule has 2 atom stereocenters. The van der Waals surface area contributed by atoms with Gasteiger partial charge in [-0.1, -0.05) is 18.4 Å². The van der Waals surface area contributed by atoms with Gasteiger partial charge in [-0.3, -0.25) is 4.79 Å². The fourth-order valence-electron chi connectivity index (χ4n) is 1.62. The molecule has 0 rings (SSSR count).